The van der Waals surface area contributed by atoms with Gasteiger partial charge in [-0.1, -0.05) is 11.6 Å². The van der Waals surface area contributed by atoms with E-state index in [-0.39, 0.29) is 6.61 Å². The van der Waals surface area contributed by atoms with Crippen LogP contribution in [-0.2, 0) is 14.3 Å². The van der Waals surface area contributed by atoms with Crippen molar-refractivity contribution in [1.29, 1.82) is 0 Å². The Morgan fingerprint density at radius 1 is 1.48 bits per heavy atom. The van der Waals surface area contributed by atoms with Crippen molar-refractivity contribution in [2.45, 2.75) is 6.04 Å². The van der Waals surface area contributed by atoms with Crippen LogP contribution in [0.3, 0.4) is 0 Å². The standard InChI is InChI=1S/C14H15ClN2O4/c15-10-2-3-11(9(7-10)1-4-13(18)19)17-5-6-21-8-12(17)14(16)20/h1-4,7,12H,5-6,8H2,(H2,16,20)(H,18,19)/b4-1+. The quantitative estimate of drug-likeness (QED) is 0.813. The molecule has 0 saturated carbocycles. The minimum atomic E-state index is -1.06. The van der Waals surface area contributed by atoms with Gasteiger partial charge in [0.15, 0.2) is 0 Å². The van der Waals surface area contributed by atoms with Crippen molar-refractivity contribution < 1.29 is 19.4 Å². The molecule has 1 unspecified atom stereocenters. The van der Waals surface area contributed by atoms with Crippen LogP contribution in [-0.4, -0.2) is 42.8 Å². The molecule has 0 aliphatic carbocycles. The fraction of sp³-hybridized carbons (Fsp3) is 0.286. The number of hydrogen-bond donors (Lipinski definition) is 2. The van der Waals surface area contributed by atoms with Crippen LogP contribution in [0, 0.1) is 0 Å². The van der Waals surface area contributed by atoms with Crippen molar-refractivity contribution in [3.05, 3.63) is 34.9 Å². The molecule has 21 heavy (non-hydrogen) atoms. The lowest BCUT2D eigenvalue weighted by molar-refractivity contribution is -0.131. The Balaban J connectivity index is 2.41. The minimum absolute atomic E-state index is 0.208. The number of benzene rings is 1. The number of carboxylic acids is 1. The lowest BCUT2D eigenvalue weighted by Gasteiger charge is -2.36. The van der Waals surface area contributed by atoms with Crippen LogP contribution in [0.5, 0.6) is 0 Å². The Bertz CT molecular complexity index is 588. The van der Waals surface area contributed by atoms with Gasteiger partial charge in [-0.15, -0.1) is 0 Å². The van der Waals surface area contributed by atoms with E-state index in [0.29, 0.717) is 29.4 Å². The number of nitrogens with two attached hydrogens (primary N) is 1. The third-order valence-corrected chi connectivity index (χ3v) is 3.40. The second-order valence-electron chi connectivity index (χ2n) is 4.56. The zero-order chi connectivity index (χ0) is 15.4. The number of nitrogens with zero attached hydrogens (tertiary/aromatic N) is 1. The number of morpholine rings is 1. The van der Waals surface area contributed by atoms with Gasteiger partial charge in [0, 0.05) is 23.3 Å². The van der Waals surface area contributed by atoms with Crippen molar-refractivity contribution in [2.24, 2.45) is 5.73 Å². The van der Waals surface area contributed by atoms with Gasteiger partial charge in [0.1, 0.15) is 6.04 Å². The highest BCUT2D eigenvalue weighted by molar-refractivity contribution is 6.30. The zero-order valence-corrected chi connectivity index (χ0v) is 11.9. The maximum Gasteiger partial charge on any atom is 0.328 e. The first-order valence-corrected chi connectivity index (χ1v) is 6.71. The molecule has 2 rings (SSSR count). The van der Waals surface area contributed by atoms with Crippen LogP contribution >= 0.6 is 11.6 Å². The fourth-order valence-electron chi connectivity index (χ4n) is 2.21. The molecule has 1 saturated heterocycles. The van der Waals surface area contributed by atoms with Crippen molar-refractivity contribution in [3.8, 4) is 0 Å². The number of hydrogen-bond acceptors (Lipinski definition) is 4. The molecule has 1 aromatic rings. The lowest BCUT2D eigenvalue weighted by atomic mass is 10.1. The van der Waals surface area contributed by atoms with Gasteiger partial charge < -0.3 is 20.5 Å². The van der Waals surface area contributed by atoms with E-state index in [1.54, 1.807) is 18.2 Å². The number of ether oxygens (including phenoxy) is 1. The molecule has 6 nitrogen and oxygen atoms in total. The highest BCUT2D eigenvalue weighted by Gasteiger charge is 2.28. The molecular formula is C14H15ClN2O4. The van der Waals surface area contributed by atoms with Crippen LogP contribution in [0.15, 0.2) is 24.3 Å². The highest BCUT2D eigenvalue weighted by Crippen LogP contribution is 2.28. The third-order valence-electron chi connectivity index (χ3n) is 3.16. The number of amides is 1. The number of carboxylic acid groups (broad SMARTS) is 1. The molecule has 1 fully saturated rings. The van der Waals surface area contributed by atoms with E-state index in [4.69, 9.17) is 27.2 Å². The van der Waals surface area contributed by atoms with Crippen LogP contribution in [0.1, 0.15) is 5.56 Å². The number of carbonyl (C=O) groups excluding carboxylic acids is 1. The Kier molecular flexibility index (Phi) is 4.82. The summed E-state index contributed by atoms with van der Waals surface area (Å²) in [6.45, 7) is 1.16. The normalized spacial score (nSPS) is 18.9. The van der Waals surface area contributed by atoms with E-state index < -0.39 is 17.9 Å². The number of carbonyl (C=O) groups is 2. The Hall–Kier alpha value is -2.05. The van der Waals surface area contributed by atoms with E-state index in [0.717, 1.165) is 6.08 Å². The Morgan fingerprint density at radius 2 is 2.24 bits per heavy atom. The van der Waals surface area contributed by atoms with Gasteiger partial charge in [-0.2, -0.15) is 0 Å². The molecule has 1 aliphatic heterocycles. The van der Waals surface area contributed by atoms with E-state index in [1.165, 1.54) is 6.08 Å². The smallest absolute Gasteiger partial charge is 0.328 e. The molecule has 7 heteroatoms. The highest BCUT2D eigenvalue weighted by atomic mass is 35.5. The number of anilines is 1. The van der Waals surface area contributed by atoms with Gasteiger partial charge in [-0.3, -0.25) is 4.79 Å². The molecule has 1 aromatic carbocycles. The average Bonchev–Trinajstić information content (AvgIpc) is 2.45. The van der Waals surface area contributed by atoms with Gasteiger partial charge in [0.25, 0.3) is 0 Å². The second kappa shape index (κ2) is 6.60. The molecule has 1 amide bonds. The predicted octanol–water partition coefficient (Wildman–Crippen LogP) is 1.13. The van der Waals surface area contributed by atoms with Crippen molar-refractivity contribution in [2.75, 3.05) is 24.7 Å². The van der Waals surface area contributed by atoms with Crippen molar-refractivity contribution in [3.63, 3.8) is 0 Å². The number of aliphatic carboxylic acids is 1. The summed E-state index contributed by atoms with van der Waals surface area (Å²) in [6, 6.07) is 4.48. The summed E-state index contributed by atoms with van der Waals surface area (Å²) in [5.41, 5.74) is 6.71. The van der Waals surface area contributed by atoms with E-state index >= 15 is 0 Å². The van der Waals surface area contributed by atoms with Crippen LogP contribution in [0.4, 0.5) is 5.69 Å². The van der Waals surface area contributed by atoms with E-state index in [2.05, 4.69) is 0 Å². The first-order chi connectivity index (χ1) is 9.99. The second-order valence-corrected chi connectivity index (χ2v) is 5.00. The van der Waals surface area contributed by atoms with Crippen molar-refractivity contribution in [1.82, 2.24) is 0 Å². The van der Waals surface area contributed by atoms with Gasteiger partial charge >= 0.3 is 5.97 Å². The summed E-state index contributed by atoms with van der Waals surface area (Å²) in [4.78, 5) is 24.0. The maximum atomic E-state index is 11.5. The van der Waals surface area contributed by atoms with Crippen LogP contribution in [0.2, 0.25) is 5.02 Å². The molecular weight excluding hydrogens is 296 g/mol. The van der Waals surface area contributed by atoms with E-state index in [1.807, 2.05) is 4.90 Å². The number of halogens is 1. The maximum absolute atomic E-state index is 11.5. The SMILES string of the molecule is NC(=O)C1COCCN1c1ccc(Cl)cc1/C=C/C(=O)O. The summed E-state index contributed by atoms with van der Waals surface area (Å²) in [7, 11) is 0. The van der Waals surface area contributed by atoms with E-state index in [9.17, 15) is 9.59 Å². The van der Waals surface area contributed by atoms with Crippen molar-refractivity contribution >= 4 is 35.2 Å². The zero-order valence-electron chi connectivity index (χ0n) is 11.2. The fourth-order valence-corrected chi connectivity index (χ4v) is 2.39. The topological polar surface area (TPSA) is 92.9 Å². The number of primary amides is 1. The molecule has 1 atom stereocenters. The predicted molar refractivity (Wildman–Crippen MR) is 79.3 cm³/mol. The molecule has 0 radical (unpaired) electrons. The van der Waals surface area contributed by atoms with Gasteiger partial charge in [0.05, 0.1) is 13.2 Å². The third kappa shape index (κ3) is 3.74. The van der Waals surface area contributed by atoms with Crippen LogP contribution in [0.25, 0.3) is 6.08 Å². The molecule has 3 N–H and O–H groups in total. The van der Waals surface area contributed by atoms with Gasteiger partial charge in [-0.05, 0) is 29.8 Å². The lowest BCUT2D eigenvalue weighted by Crippen LogP contribution is -2.52. The molecule has 1 aliphatic rings. The Labute approximate surface area is 126 Å². The Morgan fingerprint density at radius 3 is 2.90 bits per heavy atom. The molecule has 0 aromatic heterocycles. The first-order valence-electron chi connectivity index (χ1n) is 6.33. The molecule has 0 spiro atoms. The molecule has 112 valence electrons. The average molecular weight is 311 g/mol. The molecule has 1 heterocycles. The summed E-state index contributed by atoms with van der Waals surface area (Å²) in [6.07, 6.45) is 2.46. The number of rotatable bonds is 4. The summed E-state index contributed by atoms with van der Waals surface area (Å²) >= 11 is 5.95. The minimum Gasteiger partial charge on any atom is -0.478 e. The van der Waals surface area contributed by atoms with Gasteiger partial charge in [0.2, 0.25) is 5.91 Å². The van der Waals surface area contributed by atoms with Crippen LogP contribution < -0.4 is 10.6 Å². The first kappa shape index (κ1) is 15.3. The summed E-state index contributed by atoms with van der Waals surface area (Å²) in [5, 5.41) is 9.24. The summed E-state index contributed by atoms with van der Waals surface area (Å²) in [5.74, 6) is -1.55. The molecule has 0 bridgehead atoms. The summed E-state index contributed by atoms with van der Waals surface area (Å²) < 4.78 is 5.28. The largest absolute Gasteiger partial charge is 0.478 e. The monoisotopic (exact) mass is 310 g/mol. The van der Waals surface area contributed by atoms with Gasteiger partial charge in [-0.25, -0.2) is 4.79 Å².